The minimum Gasteiger partial charge on any atom is -0.489 e. The largest absolute Gasteiger partial charge is 0.489 e. The van der Waals surface area contributed by atoms with Gasteiger partial charge < -0.3 is 9.84 Å². The molecule has 30 heavy (non-hydrogen) atoms. The summed E-state index contributed by atoms with van der Waals surface area (Å²) in [6.07, 6.45) is 11.4. The Kier molecular flexibility index (Phi) is 4.86. The Morgan fingerprint density at radius 2 is 2.00 bits per heavy atom. The maximum atomic E-state index is 11.3. The monoisotopic (exact) mass is 400 g/mol. The summed E-state index contributed by atoms with van der Waals surface area (Å²) in [4.78, 5) is 0. The van der Waals surface area contributed by atoms with Crippen LogP contribution in [0.25, 0.3) is 0 Å². The zero-order valence-electron chi connectivity index (χ0n) is 17.9. The fraction of sp³-hybridized carbons (Fsp3) is 0.429. The van der Waals surface area contributed by atoms with E-state index >= 15 is 0 Å². The van der Waals surface area contributed by atoms with Crippen molar-refractivity contribution in [2.45, 2.75) is 57.2 Å². The first-order valence-corrected chi connectivity index (χ1v) is 11.4. The molecule has 0 unspecified atom stereocenters. The second-order valence-electron chi connectivity index (χ2n) is 9.70. The van der Waals surface area contributed by atoms with E-state index in [9.17, 15) is 5.11 Å². The van der Waals surface area contributed by atoms with Crippen LogP contribution in [0, 0.1) is 17.3 Å². The van der Waals surface area contributed by atoms with E-state index in [2.05, 4.69) is 68.1 Å². The molecule has 2 aromatic rings. The average Bonchev–Trinajstić information content (AvgIpc) is 3.03. The maximum absolute atomic E-state index is 11.3. The summed E-state index contributed by atoms with van der Waals surface area (Å²) < 4.78 is 6.08. The van der Waals surface area contributed by atoms with Crippen LogP contribution in [0.15, 0.2) is 73.3 Å². The molecule has 0 radical (unpaired) electrons. The van der Waals surface area contributed by atoms with Crippen molar-refractivity contribution in [2.75, 3.05) is 0 Å². The number of rotatable bonds is 5. The van der Waals surface area contributed by atoms with Gasteiger partial charge >= 0.3 is 0 Å². The molecular formula is C28H32O2. The average molecular weight is 401 g/mol. The minimum atomic E-state index is -0.736. The fourth-order valence-electron chi connectivity index (χ4n) is 6.47. The molecule has 0 bridgehead atoms. The second kappa shape index (κ2) is 7.42. The molecule has 3 aliphatic rings. The van der Waals surface area contributed by atoms with Gasteiger partial charge in [0.1, 0.15) is 12.4 Å². The van der Waals surface area contributed by atoms with Crippen LogP contribution in [0.4, 0.5) is 0 Å². The first-order chi connectivity index (χ1) is 14.5. The summed E-state index contributed by atoms with van der Waals surface area (Å²) in [5.41, 5.74) is 3.35. The number of hydrogen-bond acceptors (Lipinski definition) is 2. The molecule has 0 amide bonds. The van der Waals surface area contributed by atoms with E-state index in [1.165, 1.54) is 23.1 Å². The van der Waals surface area contributed by atoms with Crippen molar-refractivity contribution in [3.63, 3.8) is 0 Å². The van der Waals surface area contributed by atoms with Gasteiger partial charge in [0.25, 0.3) is 0 Å². The smallest absolute Gasteiger partial charge is 0.120 e. The van der Waals surface area contributed by atoms with Crippen LogP contribution in [-0.2, 0) is 13.0 Å². The van der Waals surface area contributed by atoms with Gasteiger partial charge in [0.15, 0.2) is 0 Å². The first-order valence-electron chi connectivity index (χ1n) is 11.4. The van der Waals surface area contributed by atoms with Crippen molar-refractivity contribution < 1.29 is 9.84 Å². The van der Waals surface area contributed by atoms with E-state index < -0.39 is 5.60 Å². The Morgan fingerprint density at radius 1 is 1.17 bits per heavy atom. The third-order valence-corrected chi connectivity index (χ3v) is 8.22. The molecular weight excluding hydrogens is 368 g/mol. The van der Waals surface area contributed by atoms with Gasteiger partial charge in [-0.2, -0.15) is 0 Å². The zero-order valence-corrected chi connectivity index (χ0v) is 17.9. The van der Waals surface area contributed by atoms with Crippen molar-refractivity contribution in [3.8, 4) is 5.75 Å². The number of benzene rings is 2. The van der Waals surface area contributed by atoms with Gasteiger partial charge in [0, 0.05) is 5.41 Å². The summed E-state index contributed by atoms with van der Waals surface area (Å²) in [5.74, 6) is 2.62. The van der Waals surface area contributed by atoms with E-state index in [0.29, 0.717) is 30.8 Å². The molecule has 2 nitrogen and oxygen atoms in total. The maximum Gasteiger partial charge on any atom is 0.120 e. The molecule has 3 aliphatic carbocycles. The predicted molar refractivity (Wildman–Crippen MR) is 122 cm³/mol. The fourth-order valence-corrected chi connectivity index (χ4v) is 6.47. The van der Waals surface area contributed by atoms with Gasteiger partial charge in [-0.1, -0.05) is 61.5 Å². The second-order valence-corrected chi connectivity index (χ2v) is 9.70. The molecule has 0 aromatic heterocycles. The Labute approximate surface area is 180 Å². The number of hydrogen-bond donors (Lipinski definition) is 1. The molecule has 1 N–H and O–H groups in total. The summed E-state index contributed by atoms with van der Waals surface area (Å²) >= 11 is 0. The minimum absolute atomic E-state index is 0.0708. The van der Waals surface area contributed by atoms with Crippen LogP contribution >= 0.6 is 0 Å². The molecule has 0 spiro atoms. The Balaban J connectivity index is 1.35. The summed E-state index contributed by atoms with van der Waals surface area (Å²) in [5, 5.41) is 11.3. The lowest BCUT2D eigenvalue weighted by molar-refractivity contribution is -0.0836. The van der Waals surface area contributed by atoms with Crippen LogP contribution in [0.2, 0.25) is 0 Å². The summed E-state index contributed by atoms with van der Waals surface area (Å²) in [6.45, 7) is 6.80. The highest BCUT2D eigenvalue weighted by atomic mass is 16.5. The molecule has 5 atom stereocenters. The third-order valence-electron chi connectivity index (χ3n) is 8.22. The lowest BCUT2D eigenvalue weighted by Gasteiger charge is -2.53. The predicted octanol–water partition coefficient (Wildman–Crippen LogP) is 6.20. The topological polar surface area (TPSA) is 29.5 Å². The van der Waals surface area contributed by atoms with E-state index in [0.717, 1.165) is 25.0 Å². The zero-order chi connectivity index (χ0) is 20.8. The Hall–Kier alpha value is -2.32. The van der Waals surface area contributed by atoms with E-state index in [-0.39, 0.29) is 5.41 Å². The van der Waals surface area contributed by atoms with Crippen molar-refractivity contribution >= 4 is 0 Å². The van der Waals surface area contributed by atoms with Crippen LogP contribution in [-0.4, -0.2) is 10.7 Å². The van der Waals surface area contributed by atoms with Gasteiger partial charge in [-0.15, -0.1) is 6.58 Å². The van der Waals surface area contributed by atoms with Crippen molar-refractivity contribution in [2.24, 2.45) is 17.3 Å². The normalized spacial score (nSPS) is 34.0. The van der Waals surface area contributed by atoms with Crippen molar-refractivity contribution in [3.05, 3.63) is 90.0 Å². The Bertz CT molecular complexity index is 962. The van der Waals surface area contributed by atoms with Crippen molar-refractivity contribution in [1.82, 2.24) is 0 Å². The van der Waals surface area contributed by atoms with E-state index in [4.69, 9.17) is 4.74 Å². The molecule has 156 valence electrons. The van der Waals surface area contributed by atoms with Crippen molar-refractivity contribution in [1.29, 1.82) is 0 Å². The molecule has 5 rings (SSSR count). The van der Waals surface area contributed by atoms with Crippen LogP contribution < -0.4 is 4.74 Å². The van der Waals surface area contributed by atoms with Gasteiger partial charge in [-0.3, -0.25) is 0 Å². The number of aliphatic hydroxyl groups is 1. The molecule has 1 fully saturated rings. The summed E-state index contributed by atoms with van der Waals surface area (Å²) in [7, 11) is 0. The number of ether oxygens (including phenoxy) is 1. The molecule has 0 heterocycles. The summed E-state index contributed by atoms with van der Waals surface area (Å²) in [6, 6.07) is 17.1. The lowest BCUT2D eigenvalue weighted by Crippen LogP contribution is -2.51. The van der Waals surface area contributed by atoms with Gasteiger partial charge in [-0.05, 0) is 78.7 Å². The highest BCUT2D eigenvalue weighted by molar-refractivity contribution is 5.42. The van der Waals surface area contributed by atoms with Gasteiger partial charge in [0.2, 0.25) is 0 Å². The molecule has 0 saturated heterocycles. The molecule has 2 heteroatoms. The quantitative estimate of drug-likeness (QED) is 0.605. The van der Waals surface area contributed by atoms with Crippen LogP contribution in [0.1, 0.15) is 55.2 Å². The first kappa shape index (κ1) is 19.6. The van der Waals surface area contributed by atoms with Gasteiger partial charge in [-0.25, -0.2) is 0 Å². The van der Waals surface area contributed by atoms with Crippen LogP contribution in [0.5, 0.6) is 5.75 Å². The standard InChI is InChI=1S/C28H32O2/c1-3-15-28(29)17-14-26-25-11-9-21-18-22(30-19-20-7-5-4-6-8-20)10-12-23(21)24(25)13-16-27(26,28)2/h3-8,10,12,14,17-18,24-26,29H,1,9,11,13,15-16,19H2,2H3/t24-,25-,26+,27+,28+/m1/s1. The highest BCUT2D eigenvalue weighted by Gasteiger charge is 2.58. The SMILES string of the molecule is C=CC[C@]1(O)C=C[C@H]2[C@@H]3CCc4cc(OCc5ccccc5)ccc4[C@H]3CC[C@@]21C. The number of allylic oxidation sites excluding steroid dienone is 1. The number of fused-ring (bicyclic) bond motifs is 5. The highest BCUT2D eigenvalue weighted by Crippen LogP contribution is 2.62. The van der Waals surface area contributed by atoms with Crippen LogP contribution in [0.3, 0.4) is 0 Å². The van der Waals surface area contributed by atoms with Gasteiger partial charge in [0.05, 0.1) is 5.60 Å². The van der Waals surface area contributed by atoms with E-state index in [1.54, 1.807) is 0 Å². The number of aryl methyl sites for hydroxylation is 1. The molecule has 0 aliphatic heterocycles. The lowest BCUT2D eigenvalue weighted by atomic mass is 9.52. The van der Waals surface area contributed by atoms with E-state index in [1.807, 2.05) is 12.1 Å². The Morgan fingerprint density at radius 3 is 2.80 bits per heavy atom. The molecule has 1 saturated carbocycles. The third kappa shape index (κ3) is 3.04. The molecule has 2 aromatic carbocycles.